The second-order valence-electron chi connectivity index (χ2n) is 5.91. The SMILES string of the molecule is C[C@@H]1CCCC/C1=N/NC(=O)CN1CCCCCC1=O. The van der Waals surface area contributed by atoms with E-state index in [1.54, 1.807) is 4.90 Å². The van der Waals surface area contributed by atoms with Crippen molar-refractivity contribution in [3.05, 3.63) is 0 Å². The summed E-state index contributed by atoms with van der Waals surface area (Å²) in [5.41, 5.74) is 3.72. The summed E-state index contributed by atoms with van der Waals surface area (Å²) < 4.78 is 0. The van der Waals surface area contributed by atoms with Crippen molar-refractivity contribution < 1.29 is 9.59 Å². The zero-order chi connectivity index (χ0) is 14.4. The predicted octanol–water partition coefficient (Wildman–Crippen LogP) is 2.07. The molecule has 1 atom stereocenters. The molecule has 0 aromatic heterocycles. The molecule has 1 N–H and O–H groups in total. The number of hydrogen-bond acceptors (Lipinski definition) is 3. The van der Waals surface area contributed by atoms with Crippen LogP contribution in [0.15, 0.2) is 5.10 Å². The molecule has 2 amide bonds. The summed E-state index contributed by atoms with van der Waals surface area (Å²) in [6.07, 6.45) is 8.10. The second kappa shape index (κ2) is 7.41. The van der Waals surface area contributed by atoms with Crippen molar-refractivity contribution in [1.82, 2.24) is 10.3 Å². The highest BCUT2D eigenvalue weighted by Crippen LogP contribution is 2.20. The van der Waals surface area contributed by atoms with E-state index < -0.39 is 0 Å². The molecule has 2 fully saturated rings. The van der Waals surface area contributed by atoms with Crippen LogP contribution >= 0.6 is 0 Å². The van der Waals surface area contributed by atoms with Crippen molar-refractivity contribution >= 4 is 17.5 Å². The molecule has 112 valence electrons. The third-order valence-corrected chi connectivity index (χ3v) is 4.22. The van der Waals surface area contributed by atoms with E-state index in [2.05, 4.69) is 17.5 Å². The summed E-state index contributed by atoms with van der Waals surface area (Å²) in [6, 6.07) is 0. The van der Waals surface area contributed by atoms with Gasteiger partial charge in [0.05, 0.1) is 0 Å². The number of carbonyl (C=O) groups is 2. The van der Waals surface area contributed by atoms with Gasteiger partial charge in [-0.05, 0) is 38.0 Å². The molecule has 1 heterocycles. The zero-order valence-corrected chi connectivity index (χ0v) is 12.4. The van der Waals surface area contributed by atoms with E-state index >= 15 is 0 Å². The van der Waals surface area contributed by atoms with Crippen LogP contribution in [-0.4, -0.2) is 35.5 Å². The van der Waals surface area contributed by atoms with Gasteiger partial charge in [0.1, 0.15) is 6.54 Å². The Morgan fingerprint density at radius 1 is 1.25 bits per heavy atom. The van der Waals surface area contributed by atoms with Crippen LogP contribution in [0.25, 0.3) is 0 Å². The normalized spacial score (nSPS) is 26.4. The van der Waals surface area contributed by atoms with Gasteiger partial charge in [-0.2, -0.15) is 5.10 Å². The number of carbonyl (C=O) groups excluding carboxylic acids is 2. The quantitative estimate of drug-likeness (QED) is 0.804. The van der Waals surface area contributed by atoms with Gasteiger partial charge >= 0.3 is 0 Å². The molecule has 1 aliphatic heterocycles. The van der Waals surface area contributed by atoms with Crippen molar-refractivity contribution in [2.75, 3.05) is 13.1 Å². The van der Waals surface area contributed by atoms with Crippen LogP contribution in [0, 0.1) is 5.92 Å². The maximum atomic E-state index is 11.9. The molecular formula is C15H25N3O2. The van der Waals surface area contributed by atoms with Crippen molar-refractivity contribution in [3.8, 4) is 0 Å². The summed E-state index contributed by atoms with van der Waals surface area (Å²) in [4.78, 5) is 25.4. The molecule has 1 aliphatic carbocycles. The Hall–Kier alpha value is -1.39. The van der Waals surface area contributed by atoms with Gasteiger partial charge in [-0.3, -0.25) is 9.59 Å². The first-order valence-corrected chi connectivity index (χ1v) is 7.80. The third kappa shape index (κ3) is 4.32. The molecule has 0 aromatic carbocycles. The maximum absolute atomic E-state index is 11.9. The van der Waals surface area contributed by atoms with Gasteiger partial charge in [-0.1, -0.05) is 19.8 Å². The van der Waals surface area contributed by atoms with E-state index in [0.717, 1.165) is 44.2 Å². The van der Waals surface area contributed by atoms with Gasteiger partial charge in [0.2, 0.25) is 5.91 Å². The smallest absolute Gasteiger partial charge is 0.259 e. The molecule has 0 radical (unpaired) electrons. The van der Waals surface area contributed by atoms with Gasteiger partial charge in [-0.15, -0.1) is 0 Å². The van der Waals surface area contributed by atoms with Crippen molar-refractivity contribution in [2.24, 2.45) is 11.0 Å². The monoisotopic (exact) mass is 279 g/mol. The zero-order valence-electron chi connectivity index (χ0n) is 12.4. The fourth-order valence-electron chi connectivity index (χ4n) is 2.88. The van der Waals surface area contributed by atoms with E-state index in [9.17, 15) is 9.59 Å². The number of amides is 2. The lowest BCUT2D eigenvalue weighted by molar-refractivity contribution is -0.135. The number of likely N-dealkylation sites (tertiary alicyclic amines) is 1. The Morgan fingerprint density at radius 3 is 2.85 bits per heavy atom. The van der Waals surface area contributed by atoms with E-state index in [0.29, 0.717) is 18.9 Å². The summed E-state index contributed by atoms with van der Waals surface area (Å²) in [5, 5.41) is 4.26. The first-order chi connectivity index (χ1) is 9.66. The van der Waals surface area contributed by atoms with Crippen LogP contribution in [-0.2, 0) is 9.59 Å². The molecule has 0 unspecified atom stereocenters. The molecule has 2 rings (SSSR count). The summed E-state index contributed by atoms with van der Waals surface area (Å²) in [6.45, 7) is 2.99. The summed E-state index contributed by atoms with van der Waals surface area (Å²) in [5.74, 6) is 0.380. The Balaban J connectivity index is 1.82. The third-order valence-electron chi connectivity index (χ3n) is 4.22. The highest BCUT2D eigenvalue weighted by molar-refractivity contribution is 5.89. The van der Waals surface area contributed by atoms with Crippen molar-refractivity contribution in [3.63, 3.8) is 0 Å². The van der Waals surface area contributed by atoms with Gasteiger partial charge < -0.3 is 4.90 Å². The van der Waals surface area contributed by atoms with Crippen LogP contribution in [0.5, 0.6) is 0 Å². The Kier molecular flexibility index (Phi) is 5.56. The molecular weight excluding hydrogens is 254 g/mol. The molecule has 2 aliphatic rings. The highest BCUT2D eigenvalue weighted by atomic mass is 16.2. The average Bonchev–Trinajstić information content (AvgIpc) is 2.63. The summed E-state index contributed by atoms with van der Waals surface area (Å²) in [7, 11) is 0. The van der Waals surface area contributed by atoms with Crippen LogP contribution in [0.1, 0.15) is 58.3 Å². The lowest BCUT2D eigenvalue weighted by Gasteiger charge is -2.21. The minimum atomic E-state index is -0.175. The average molecular weight is 279 g/mol. The van der Waals surface area contributed by atoms with Gasteiger partial charge in [0.15, 0.2) is 0 Å². The van der Waals surface area contributed by atoms with Gasteiger partial charge in [0, 0.05) is 18.7 Å². The molecule has 1 saturated heterocycles. The Labute approximate surface area is 120 Å². The van der Waals surface area contributed by atoms with Crippen LogP contribution in [0.4, 0.5) is 0 Å². The van der Waals surface area contributed by atoms with Crippen LogP contribution in [0.2, 0.25) is 0 Å². The lowest BCUT2D eigenvalue weighted by Crippen LogP contribution is -2.39. The highest BCUT2D eigenvalue weighted by Gasteiger charge is 2.20. The lowest BCUT2D eigenvalue weighted by atomic mass is 9.89. The maximum Gasteiger partial charge on any atom is 0.259 e. The minimum Gasteiger partial charge on any atom is -0.333 e. The second-order valence-corrected chi connectivity index (χ2v) is 5.91. The molecule has 5 nitrogen and oxygen atoms in total. The number of nitrogens with one attached hydrogen (secondary N) is 1. The topological polar surface area (TPSA) is 61.8 Å². The minimum absolute atomic E-state index is 0.0938. The molecule has 5 heteroatoms. The molecule has 0 bridgehead atoms. The molecule has 0 aromatic rings. The molecule has 20 heavy (non-hydrogen) atoms. The Morgan fingerprint density at radius 2 is 2.05 bits per heavy atom. The molecule has 0 spiro atoms. The number of hydrogen-bond donors (Lipinski definition) is 1. The van der Waals surface area contributed by atoms with Gasteiger partial charge in [-0.25, -0.2) is 5.43 Å². The fourth-order valence-corrected chi connectivity index (χ4v) is 2.88. The predicted molar refractivity (Wildman–Crippen MR) is 78.3 cm³/mol. The number of rotatable bonds is 3. The van der Waals surface area contributed by atoms with E-state index in [1.165, 1.54) is 6.42 Å². The van der Waals surface area contributed by atoms with Gasteiger partial charge in [0.25, 0.3) is 5.91 Å². The van der Waals surface area contributed by atoms with Crippen LogP contribution < -0.4 is 5.43 Å². The van der Waals surface area contributed by atoms with Crippen LogP contribution in [0.3, 0.4) is 0 Å². The summed E-state index contributed by atoms with van der Waals surface area (Å²) >= 11 is 0. The standard InChI is InChI=1S/C15H25N3O2/c1-12-7-4-5-8-13(12)16-17-14(19)11-18-10-6-2-3-9-15(18)20/h12H,2-11H2,1H3,(H,17,19)/b16-13-/t12-/m1/s1. The van der Waals surface area contributed by atoms with Crippen molar-refractivity contribution in [2.45, 2.75) is 58.3 Å². The number of nitrogens with zero attached hydrogens (tertiary/aromatic N) is 2. The fraction of sp³-hybridized carbons (Fsp3) is 0.800. The van der Waals surface area contributed by atoms with Crippen molar-refractivity contribution in [1.29, 1.82) is 0 Å². The first-order valence-electron chi connectivity index (χ1n) is 7.80. The largest absolute Gasteiger partial charge is 0.333 e. The molecule has 1 saturated carbocycles. The van der Waals surface area contributed by atoms with E-state index in [4.69, 9.17) is 0 Å². The first kappa shape index (κ1) is 15.0. The van der Waals surface area contributed by atoms with E-state index in [-0.39, 0.29) is 18.4 Å². The number of hydrazone groups is 1. The van der Waals surface area contributed by atoms with E-state index in [1.807, 2.05) is 0 Å². The Bertz CT molecular complexity index is 393.